The van der Waals surface area contributed by atoms with Crippen molar-refractivity contribution in [3.63, 3.8) is 0 Å². The molecule has 0 aliphatic heterocycles. The van der Waals surface area contributed by atoms with Crippen molar-refractivity contribution >= 4 is 12.1 Å². The summed E-state index contributed by atoms with van der Waals surface area (Å²) in [6.45, 7) is -0.975. The number of hydrogen-bond acceptors (Lipinski definition) is 5. The molecule has 0 heterocycles. The second kappa shape index (κ2) is 6.54. The van der Waals surface area contributed by atoms with Crippen LogP contribution >= 0.6 is 0 Å². The van der Waals surface area contributed by atoms with Gasteiger partial charge in [0.1, 0.15) is 6.61 Å². The molecule has 2 aromatic rings. The molecule has 1 aliphatic carbocycles. The van der Waals surface area contributed by atoms with Gasteiger partial charge in [-0.25, -0.2) is 9.59 Å². The molecule has 25 heavy (non-hydrogen) atoms. The highest BCUT2D eigenvalue weighted by Gasteiger charge is 2.35. The van der Waals surface area contributed by atoms with Crippen LogP contribution in [0, 0.1) is 0 Å². The molecule has 0 aromatic heterocycles. The van der Waals surface area contributed by atoms with Crippen molar-refractivity contribution in [3.05, 3.63) is 59.2 Å². The number of carboxylic acid groups (broad SMARTS) is 1. The van der Waals surface area contributed by atoms with Crippen LogP contribution in [-0.4, -0.2) is 34.5 Å². The van der Waals surface area contributed by atoms with Gasteiger partial charge in [0, 0.05) is 0 Å². The molecule has 0 bridgehead atoms. The molecule has 3 rings (SSSR count). The number of ether oxygens (including phenoxy) is 1. The minimum Gasteiger partial charge on any atom is -0.478 e. The standard InChI is InChI=1S/C18H18N2O5/c19-18(10-21,16(22)23)20-17(24)25-9-12-5-3-7-14-13-6-2-1-4-11(13)8-15(12)14/h1-7,21H,8-10,19H2,(H,20,24)(H,22,23)/t18-/m1/s1. The average Bonchev–Trinajstić information content (AvgIpc) is 2.99. The van der Waals surface area contributed by atoms with Crippen LogP contribution in [0.15, 0.2) is 42.5 Å². The zero-order chi connectivity index (χ0) is 18.0. The van der Waals surface area contributed by atoms with E-state index in [-0.39, 0.29) is 6.61 Å². The lowest BCUT2D eigenvalue weighted by atomic mass is 10.0. The minimum atomic E-state index is -2.27. The lowest BCUT2D eigenvalue weighted by Gasteiger charge is -2.23. The zero-order valence-electron chi connectivity index (χ0n) is 13.4. The van der Waals surface area contributed by atoms with Crippen molar-refractivity contribution in [2.24, 2.45) is 5.73 Å². The molecular formula is C18H18N2O5. The fourth-order valence-electron chi connectivity index (χ4n) is 2.88. The number of carbonyl (C=O) groups excluding carboxylic acids is 1. The summed E-state index contributed by atoms with van der Waals surface area (Å²) >= 11 is 0. The molecule has 0 spiro atoms. The van der Waals surface area contributed by atoms with E-state index in [0.717, 1.165) is 28.7 Å². The molecule has 7 heteroatoms. The second-order valence-electron chi connectivity index (χ2n) is 5.91. The molecule has 0 saturated heterocycles. The first-order valence-corrected chi connectivity index (χ1v) is 7.72. The van der Waals surface area contributed by atoms with Gasteiger partial charge < -0.3 is 14.9 Å². The number of carbonyl (C=O) groups is 2. The molecule has 0 radical (unpaired) electrons. The van der Waals surface area contributed by atoms with Crippen molar-refractivity contribution in [1.29, 1.82) is 0 Å². The highest BCUT2D eigenvalue weighted by Crippen LogP contribution is 2.38. The Balaban J connectivity index is 1.72. The van der Waals surface area contributed by atoms with E-state index in [1.165, 1.54) is 5.56 Å². The summed E-state index contributed by atoms with van der Waals surface area (Å²) in [5.74, 6) is -1.55. The highest BCUT2D eigenvalue weighted by atomic mass is 16.5. The summed E-state index contributed by atoms with van der Waals surface area (Å²) in [4.78, 5) is 22.8. The molecule has 0 saturated carbocycles. The Hall–Kier alpha value is -2.90. The predicted molar refractivity (Wildman–Crippen MR) is 89.6 cm³/mol. The lowest BCUT2D eigenvalue weighted by Crippen LogP contribution is -2.64. The Bertz CT molecular complexity index is 836. The van der Waals surface area contributed by atoms with Gasteiger partial charge >= 0.3 is 12.1 Å². The number of aliphatic hydroxyl groups excluding tert-OH is 1. The summed E-state index contributed by atoms with van der Waals surface area (Å²) in [5, 5.41) is 19.9. The number of fused-ring (bicyclic) bond motifs is 3. The molecule has 5 N–H and O–H groups in total. The Morgan fingerprint density at radius 3 is 2.60 bits per heavy atom. The average molecular weight is 342 g/mol. The Kier molecular flexibility index (Phi) is 4.43. The normalized spacial score (nSPS) is 14.2. The SMILES string of the molecule is N[C@](CO)(NC(=O)OCc1cccc2c1Cc1ccccc1-2)C(=O)O. The monoisotopic (exact) mass is 342 g/mol. The number of amides is 1. The Morgan fingerprint density at radius 1 is 1.16 bits per heavy atom. The van der Waals surface area contributed by atoms with Crippen LogP contribution in [0.5, 0.6) is 0 Å². The molecule has 1 atom stereocenters. The first-order valence-electron chi connectivity index (χ1n) is 7.72. The lowest BCUT2D eigenvalue weighted by molar-refractivity contribution is -0.146. The van der Waals surface area contributed by atoms with Gasteiger partial charge in [-0.05, 0) is 34.2 Å². The topological polar surface area (TPSA) is 122 Å². The van der Waals surface area contributed by atoms with Crippen LogP contribution in [0.4, 0.5) is 4.79 Å². The number of carboxylic acids is 1. The Labute approximate surface area is 144 Å². The second-order valence-corrected chi connectivity index (χ2v) is 5.91. The predicted octanol–water partition coefficient (Wildman–Crippen LogP) is 1.22. The third-order valence-corrected chi connectivity index (χ3v) is 4.26. The summed E-state index contributed by atoms with van der Waals surface area (Å²) in [7, 11) is 0. The van der Waals surface area contributed by atoms with Gasteiger partial charge in [0.2, 0.25) is 5.66 Å². The highest BCUT2D eigenvalue weighted by molar-refractivity contribution is 5.83. The molecule has 0 fully saturated rings. The van der Waals surface area contributed by atoms with Crippen LogP contribution in [-0.2, 0) is 22.6 Å². The van der Waals surface area contributed by atoms with E-state index in [4.69, 9.17) is 20.7 Å². The van der Waals surface area contributed by atoms with Crippen molar-refractivity contribution in [1.82, 2.24) is 5.32 Å². The summed E-state index contributed by atoms with van der Waals surface area (Å²) in [6, 6.07) is 13.8. The number of hydrogen-bond donors (Lipinski definition) is 4. The largest absolute Gasteiger partial charge is 0.478 e. The number of aliphatic carboxylic acids is 1. The summed E-state index contributed by atoms with van der Waals surface area (Å²) in [6.07, 6.45) is -0.258. The summed E-state index contributed by atoms with van der Waals surface area (Å²) in [5.41, 5.74) is 8.52. The van der Waals surface area contributed by atoms with Crippen molar-refractivity contribution in [2.45, 2.75) is 18.7 Å². The number of nitrogens with one attached hydrogen (secondary N) is 1. The van der Waals surface area contributed by atoms with E-state index in [0.29, 0.717) is 0 Å². The third kappa shape index (κ3) is 3.19. The maximum Gasteiger partial charge on any atom is 0.409 e. The number of rotatable bonds is 5. The fourth-order valence-corrected chi connectivity index (χ4v) is 2.88. The minimum absolute atomic E-state index is 0.0237. The molecule has 2 aromatic carbocycles. The molecule has 130 valence electrons. The number of nitrogens with two attached hydrogens (primary N) is 1. The van der Waals surface area contributed by atoms with Gasteiger partial charge in [-0.1, -0.05) is 42.5 Å². The maximum absolute atomic E-state index is 11.8. The van der Waals surface area contributed by atoms with E-state index < -0.39 is 24.3 Å². The van der Waals surface area contributed by atoms with Crippen LogP contribution in [0.3, 0.4) is 0 Å². The molecule has 0 unspecified atom stereocenters. The van der Waals surface area contributed by atoms with Gasteiger partial charge in [0.05, 0.1) is 6.61 Å². The van der Waals surface area contributed by atoms with Crippen LogP contribution < -0.4 is 11.1 Å². The van der Waals surface area contributed by atoms with E-state index in [9.17, 15) is 9.59 Å². The first kappa shape index (κ1) is 16.9. The van der Waals surface area contributed by atoms with Gasteiger partial charge in [-0.15, -0.1) is 0 Å². The van der Waals surface area contributed by atoms with E-state index in [1.54, 1.807) is 0 Å². The Morgan fingerprint density at radius 2 is 1.88 bits per heavy atom. The smallest absolute Gasteiger partial charge is 0.409 e. The van der Waals surface area contributed by atoms with Crippen molar-refractivity contribution in [3.8, 4) is 11.1 Å². The third-order valence-electron chi connectivity index (χ3n) is 4.26. The quantitative estimate of drug-likeness (QED) is 0.517. The van der Waals surface area contributed by atoms with Crippen molar-refractivity contribution < 1.29 is 24.5 Å². The zero-order valence-corrected chi connectivity index (χ0v) is 13.4. The summed E-state index contributed by atoms with van der Waals surface area (Å²) < 4.78 is 5.10. The van der Waals surface area contributed by atoms with E-state index in [2.05, 4.69) is 12.1 Å². The van der Waals surface area contributed by atoms with E-state index in [1.807, 2.05) is 35.6 Å². The van der Waals surface area contributed by atoms with E-state index >= 15 is 0 Å². The number of benzene rings is 2. The number of alkyl carbamates (subject to hydrolysis) is 1. The first-order chi connectivity index (χ1) is 11.9. The van der Waals surface area contributed by atoms with Crippen molar-refractivity contribution in [2.75, 3.05) is 6.61 Å². The van der Waals surface area contributed by atoms with Crippen LogP contribution in [0.1, 0.15) is 16.7 Å². The van der Waals surface area contributed by atoms with Gasteiger partial charge in [-0.2, -0.15) is 0 Å². The molecule has 1 aliphatic rings. The van der Waals surface area contributed by atoms with Gasteiger partial charge in [-0.3, -0.25) is 11.1 Å². The molecule has 1 amide bonds. The molecular weight excluding hydrogens is 324 g/mol. The van der Waals surface area contributed by atoms with Crippen LogP contribution in [0.2, 0.25) is 0 Å². The maximum atomic E-state index is 11.8. The van der Waals surface area contributed by atoms with Gasteiger partial charge in [0.25, 0.3) is 0 Å². The molecule has 7 nitrogen and oxygen atoms in total. The number of aliphatic hydroxyl groups is 1. The fraction of sp³-hybridized carbons (Fsp3) is 0.222. The van der Waals surface area contributed by atoms with Crippen LogP contribution in [0.25, 0.3) is 11.1 Å². The van der Waals surface area contributed by atoms with Gasteiger partial charge in [0.15, 0.2) is 0 Å².